The molecule has 3 N–H and O–H groups in total. The number of thiophene rings is 1. The molecule has 6 heterocycles. The van der Waals surface area contributed by atoms with Crippen molar-refractivity contribution in [1.29, 1.82) is 0 Å². The second kappa shape index (κ2) is 16.1. The number of aromatic nitrogens is 5. The van der Waals surface area contributed by atoms with Crippen molar-refractivity contribution in [3.8, 4) is 32.3 Å². The number of aromatic amines is 2. The van der Waals surface area contributed by atoms with Gasteiger partial charge in [-0.1, -0.05) is 53.5 Å². The summed E-state index contributed by atoms with van der Waals surface area (Å²) in [5, 5.41) is 2.73. The number of amides is 3. The molecule has 3 fully saturated rings. The van der Waals surface area contributed by atoms with E-state index in [-0.39, 0.29) is 35.7 Å². The van der Waals surface area contributed by atoms with E-state index in [1.165, 1.54) is 59.2 Å². The number of methoxy groups -OCH3 is 1. The molecule has 4 aliphatic rings. The van der Waals surface area contributed by atoms with Crippen molar-refractivity contribution in [3.05, 3.63) is 65.5 Å². The predicted molar refractivity (Wildman–Crippen MR) is 234 cm³/mol. The number of imidazole rings is 2. The van der Waals surface area contributed by atoms with Crippen LogP contribution in [0.15, 0.2) is 42.7 Å². The molecule has 1 saturated carbocycles. The summed E-state index contributed by atoms with van der Waals surface area (Å²) in [6.45, 7) is 11.5. The van der Waals surface area contributed by atoms with Gasteiger partial charge in [-0.25, -0.2) is 14.8 Å². The van der Waals surface area contributed by atoms with Gasteiger partial charge in [-0.3, -0.25) is 14.6 Å². The zero-order valence-electron chi connectivity index (χ0n) is 35.8. The van der Waals surface area contributed by atoms with E-state index in [1.807, 2.05) is 49.4 Å². The van der Waals surface area contributed by atoms with E-state index in [0.29, 0.717) is 17.9 Å². The molecule has 2 saturated heterocycles. The molecule has 12 nitrogen and oxygen atoms in total. The fourth-order valence-corrected chi connectivity index (χ4v) is 11.6. The van der Waals surface area contributed by atoms with Crippen LogP contribution in [-0.2, 0) is 27.2 Å². The van der Waals surface area contributed by atoms with Gasteiger partial charge in [0.25, 0.3) is 0 Å². The van der Waals surface area contributed by atoms with Crippen molar-refractivity contribution in [2.24, 2.45) is 23.2 Å². The Kier molecular flexibility index (Phi) is 10.8. The first-order valence-electron chi connectivity index (χ1n) is 22.1. The molecule has 5 aromatic rings. The second-order valence-electron chi connectivity index (χ2n) is 18.5. The first kappa shape index (κ1) is 40.4. The molecule has 1 spiro atoms. The number of H-pyrrole nitrogens is 2. The lowest BCUT2D eigenvalue weighted by atomic mass is 9.83. The van der Waals surface area contributed by atoms with Crippen LogP contribution in [0, 0.1) is 23.2 Å². The van der Waals surface area contributed by atoms with Crippen molar-refractivity contribution in [2.75, 3.05) is 20.2 Å². The van der Waals surface area contributed by atoms with Crippen LogP contribution in [0.4, 0.5) is 4.79 Å². The number of hydrogen-bond donors (Lipinski definition) is 3. The SMILES string of the molecule is COC(=O)N[C@H](C(=O)N1CCCC1c1ncc(-c2ccc(-c3sc(-c4ccc5nc([C@@H]6CCCN6C(=O)[C@@H](C)C(C)C)[nH]c5c4)c4c3CC3(CCCC3)C4)nc2)[nH]1)C(C)C. The Balaban J connectivity index is 0.979. The third kappa shape index (κ3) is 7.30. The Morgan fingerprint density at radius 1 is 0.800 bits per heavy atom. The maximum atomic E-state index is 13.7. The summed E-state index contributed by atoms with van der Waals surface area (Å²) < 4.78 is 4.80. The van der Waals surface area contributed by atoms with Crippen LogP contribution in [0.25, 0.3) is 43.3 Å². The van der Waals surface area contributed by atoms with Crippen LogP contribution in [0.3, 0.4) is 0 Å². The van der Waals surface area contributed by atoms with E-state index in [9.17, 15) is 14.4 Å². The monoisotopic (exact) mass is 830 g/mol. The quantitative estimate of drug-likeness (QED) is 0.127. The van der Waals surface area contributed by atoms with Crippen LogP contribution in [0.2, 0.25) is 0 Å². The fraction of sp³-hybridized carbons (Fsp3) is 0.532. The molecule has 2 aliphatic carbocycles. The van der Waals surface area contributed by atoms with Gasteiger partial charge < -0.3 is 29.8 Å². The molecular formula is C47H58N8O4S. The highest BCUT2D eigenvalue weighted by Crippen LogP contribution is 2.56. The molecule has 0 radical (unpaired) electrons. The van der Waals surface area contributed by atoms with Gasteiger partial charge in [-0.2, -0.15) is 0 Å². The summed E-state index contributed by atoms with van der Waals surface area (Å²) in [7, 11) is 1.31. The third-order valence-corrected chi connectivity index (χ3v) is 15.4. The van der Waals surface area contributed by atoms with Gasteiger partial charge >= 0.3 is 6.09 Å². The molecule has 2 aliphatic heterocycles. The van der Waals surface area contributed by atoms with Gasteiger partial charge in [0, 0.05) is 35.6 Å². The Labute approximate surface area is 356 Å². The van der Waals surface area contributed by atoms with Crippen molar-refractivity contribution in [2.45, 2.75) is 117 Å². The van der Waals surface area contributed by atoms with Crippen LogP contribution in [-0.4, -0.2) is 78.9 Å². The van der Waals surface area contributed by atoms with Gasteiger partial charge in [0.05, 0.1) is 52.7 Å². The Morgan fingerprint density at radius 2 is 1.48 bits per heavy atom. The minimum absolute atomic E-state index is 0.0154. The summed E-state index contributed by atoms with van der Waals surface area (Å²) in [5.74, 6) is 1.91. The lowest BCUT2D eigenvalue weighted by Gasteiger charge is -2.30. The number of nitrogens with zero attached hydrogens (tertiary/aromatic N) is 5. The zero-order valence-corrected chi connectivity index (χ0v) is 36.6. The van der Waals surface area contributed by atoms with Crippen molar-refractivity contribution < 1.29 is 19.1 Å². The number of ether oxygens (including phenoxy) is 1. The van der Waals surface area contributed by atoms with Gasteiger partial charge in [-0.05, 0) is 110 Å². The van der Waals surface area contributed by atoms with E-state index in [0.717, 1.165) is 84.7 Å². The Hall–Kier alpha value is -5.04. The number of alkyl carbamates (subject to hydrolysis) is 1. The molecule has 9 rings (SSSR count). The van der Waals surface area contributed by atoms with Crippen LogP contribution in [0.1, 0.15) is 121 Å². The van der Waals surface area contributed by atoms with E-state index in [1.54, 1.807) is 0 Å². The first-order valence-corrected chi connectivity index (χ1v) is 22.9. The van der Waals surface area contributed by atoms with Crippen LogP contribution < -0.4 is 5.32 Å². The van der Waals surface area contributed by atoms with Crippen LogP contribution >= 0.6 is 11.3 Å². The number of rotatable bonds is 10. The fourth-order valence-electron chi connectivity index (χ4n) is 10.3. The predicted octanol–water partition coefficient (Wildman–Crippen LogP) is 9.40. The molecule has 3 amide bonds. The number of hydrogen-bond acceptors (Lipinski definition) is 8. The molecule has 4 aromatic heterocycles. The topological polar surface area (TPSA) is 149 Å². The van der Waals surface area contributed by atoms with Gasteiger partial charge in [0.2, 0.25) is 11.8 Å². The molecular weight excluding hydrogens is 773 g/mol. The number of pyridine rings is 1. The minimum atomic E-state index is -0.683. The van der Waals surface area contributed by atoms with E-state index < -0.39 is 12.1 Å². The number of benzene rings is 1. The summed E-state index contributed by atoms with van der Waals surface area (Å²) in [5.41, 5.74) is 9.20. The number of carbonyl (C=O) groups excluding carboxylic acids is 3. The van der Waals surface area contributed by atoms with E-state index >= 15 is 0 Å². The van der Waals surface area contributed by atoms with Gasteiger partial charge in [-0.15, -0.1) is 11.3 Å². The van der Waals surface area contributed by atoms with Crippen LogP contribution in [0.5, 0.6) is 0 Å². The van der Waals surface area contributed by atoms with Gasteiger partial charge in [0.1, 0.15) is 17.7 Å². The van der Waals surface area contributed by atoms with Crippen molar-refractivity contribution >= 4 is 40.3 Å². The largest absolute Gasteiger partial charge is 0.453 e. The van der Waals surface area contributed by atoms with Crippen molar-refractivity contribution in [3.63, 3.8) is 0 Å². The molecule has 60 heavy (non-hydrogen) atoms. The molecule has 1 aromatic carbocycles. The van der Waals surface area contributed by atoms with Crippen molar-refractivity contribution in [1.82, 2.24) is 40.0 Å². The Morgan fingerprint density at radius 3 is 2.15 bits per heavy atom. The molecule has 0 bridgehead atoms. The molecule has 13 heteroatoms. The smallest absolute Gasteiger partial charge is 0.407 e. The highest BCUT2D eigenvalue weighted by Gasteiger charge is 2.43. The van der Waals surface area contributed by atoms with E-state index in [4.69, 9.17) is 19.7 Å². The normalized spacial score (nSPS) is 20.8. The lowest BCUT2D eigenvalue weighted by molar-refractivity contribution is -0.137. The minimum Gasteiger partial charge on any atom is -0.453 e. The van der Waals surface area contributed by atoms with Gasteiger partial charge in [0.15, 0.2) is 0 Å². The highest BCUT2D eigenvalue weighted by molar-refractivity contribution is 7.19. The number of likely N-dealkylation sites (tertiary alicyclic amines) is 2. The summed E-state index contributed by atoms with van der Waals surface area (Å²) in [6, 6.07) is 9.99. The zero-order chi connectivity index (χ0) is 41.9. The second-order valence-corrected chi connectivity index (χ2v) is 19.5. The lowest BCUT2D eigenvalue weighted by Crippen LogP contribution is -2.51. The third-order valence-electron chi connectivity index (χ3n) is 14.0. The summed E-state index contributed by atoms with van der Waals surface area (Å²) in [4.78, 5) is 67.7. The molecule has 316 valence electrons. The maximum Gasteiger partial charge on any atom is 0.407 e. The summed E-state index contributed by atoms with van der Waals surface area (Å²) in [6.07, 6.45) is 14.1. The number of carbonyl (C=O) groups is 3. The highest BCUT2D eigenvalue weighted by atomic mass is 32.1. The van der Waals surface area contributed by atoms with E-state index in [2.05, 4.69) is 64.4 Å². The molecule has 4 atom stereocenters. The Bertz CT molecular complexity index is 2410. The first-order chi connectivity index (χ1) is 28.9. The standard InChI is InChI=1S/C47H58N8O4S/c1-26(2)28(5)44(56)54-19-10-12-38(54)43-50-33-15-13-29(21-35(33)51-43)40-31-22-47(17-7-8-18-47)23-32(31)41(60-40)34-16-14-30(24-48-34)36-25-49-42(52-36)37-11-9-20-55(37)45(57)39(27(3)4)53-46(58)59-6/h13-16,21,24-28,37-39H,7-12,17-20,22-23H2,1-6H3,(H,49,52)(H,50,51)(H,53,58)/t28-,37?,38-,39-/m0/s1. The number of fused-ring (bicyclic) bond motifs is 2. The number of nitrogens with one attached hydrogen (secondary N) is 3. The summed E-state index contributed by atoms with van der Waals surface area (Å²) >= 11 is 1.85. The average Bonchev–Trinajstić information content (AvgIpc) is 4.10. The molecule has 1 unspecified atom stereocenters. The average molecular weight is 831 g/mol. The maximum absolute atomic E-state index is 13.7.